The predicted molar refractivity (Wildman–Crippen MR) is 91.7 cm³/mol. The lowest BCUT2D eigenvalue weighted by atomic mass is 9.93. The number of rotatable bonds is 2. The summed E-state index contributed by atoms with van der Waals surface area (Å²) in [5.74, 6) is 0.0685. The number of benzene rings is 2. The summed E-state index contributed by atoms with van der Waals surface area (Å²) in [6, 6.07) is 15.7. The highest BCUT2D eigenvalue weighted by Crippen LogP contribution is 2.41. The number of hydrogen-bond acceptors (Lipinski definition) is 2. The van der Waals surface area contributed by atoms with Crippen LogP contribution in [0.15, 0.2) is 54.6 Å². The standard InChI is InChI=1S/C20H21FN2/c1-22-9-11-23(12-10-22)20-14-18(15-5-3-2-4-6-15)17-8-7-16(21)13-19(17)20/h2-8,13-14,18H,9-12H2,1H3. The molecule has 1 heterocycles. The highest BCUT2D eigenvalue weighted by atomic mass is 19.1. The van der Waals surface area contributed by atoms with Crippen molar-refractivity contribution in [3.05, 3.63) is 77.1 Å². The molecular formula is C20H21FN2. The topological polar surface area (TPSA) is 6.48 Å². The quantitative estimate of drug-likeness (QED) is 0.837. The monoisotopic (exact) mass is 308 g/mol. The molecule has 118 valence electrons. The van der Waals surface area contributed by atoms with Crippen molar-refractivity contribution in [1.29, 1.82) is 0 Å². The van der Waals surface area contributed by atoms with E-state index in [-0.39, 0.29) is 11.7 Å². The maximum absolute atomic E-state index is 13.8. The van der Waals surface area contributed by atoms with Gasteiger partial charge in [-0.3, -0.25) is 0 Å². The fourth-order valence-corrected chi connectivity index (χ4v) is 3.62. The van der Waals surface area contributed by atoms with Crippen LogP contribution in [0.4, 0.5) is 4.39 Å². The minimum atomic E-state index is -0.155. The van der Waals surface area contributed by atoms with Crippen LogP contribution in [0.5, 0.6) is 0 Å². The number of allylic oxidation sites excluding steroid dienone is 1. The molecule has 1 aliphatic heterocycles. The van der Waals surface area contributed by atoms with Crippen molar-refractivity contribution < 1.29 is 4.39 Å². The Kier molecular flexibility index (Phi) is 3.66. The Labute approximate surface area is 136 Å². The van der Waals surface area contributed by atoms with Gasteiger partial charge in [0, 0.05) is 43.4 Å². The van der Waals surface area contributed by atoms with Crippen molar-refractivity contribution >= 4 is 5.70 Å². The number of halogens is 1. The molecule has 1 fully saturated rings. The van der Waals surface area contributed by atoms with Crippen LogP contribution in [-0.4, -0.2) is 43.0 Å². The van der Waals surface area contributed by atoms with Crippen molar-refractivity contribution in [2.75, 3.05) is 33.2 Å². The molecule has 2 nitrogen and oxygen atoms in total. The first-order valence-corrected chi connectivity index (χ1v) is 8.22. The number of nitrogens with zero attached hydrogens (tertiary/aromatic N) is 2. The minimum Gasteiger partial charge on any atom is -0.369 e. The second-order valence-electron chi connectivity index (χ2n) is 6.46. The highest BCUT2D eigenvalue weighted by Gasteiger charge is 2.29. The molecule has 3 heteroatoms. The van der Waals surface area contributed by atoms with Crippen LogP contribution in [0.1, 0.15) is 22.6 Å². The van der Waals surface area contributed by atoms with Gasteiger partial charge in [-0.2, -0.15) is 0 Å². The zero-order valence-electron chi connectivity index (χ0n) is 13.4. The Bertz CT molecular complexity index is 731. The van der Waals surface area contributed by atoms with E-state index < -0.39 is 0 Å². The lowest BCUT2D eigenvalue weighted by molar-refractivity contribution is 0.207. The molecule has 0 spiro atoms. The van der Waals surface area contributed by atoms with Crippen molar-refractivity contribution in [2.24, 2.45) is 0 Å². The SMILES string of the molecule is CN1CCN(C2=CC(c3ccccc3)c3ccc(F)cc32)CC1. The summed E-state index contributed by atoms with van der Waals surface area (Å²) in [4.78, 5) is 4.74. The molecule has 1 saturated heterocycles. The maximum atomic E-state index is 13.8. The van der Waals surface area contributed by atoms with Crippen LogP contribution >= 0.6 is 0 Å². The predicted octanol–water partition coefficient (Wildman–Crippen LogP) is 3.56. The van der Waals surface area contributed by atoms with E-state index in [0.717, 1.165) is 31.7 Å². The summed E-state index contributed by atoms with van der Waals surface area (Å²) in [5.41, 5.74) is 4.74. The first-order valence-electron chi connectivity index (χ1n) is 8.22. The molecule has 0 aromatic heterocycles. The molecular weight excluding hydrogens is 287 g/mol. The molecule has 4 rings (SSSR count). The molecule has 2 aliphatic rings. The molecule has 2 aromatic rings. The molecule has 1 aliphatic carbocycles. The van der Waals surface area contributed by atoms with E-state index in [1.54, 1.807) is 12.1 Å². The Morgan fingerprint density at radius 2 is 1.70 bits per heavy atom. The van der Waals surface area contributed by atoms with Gasteiger partial charge in [-0.1, -0.05) is 36.4 Å². The summed E-state index contributed by atoms with van der Waals surface area (Å²) < 4.78 is 13.8. The molecule has 0 radical (unpaired) electrons. The van der Waals surface area contributed by atoms with Gasteiger partial charge in [-0.25, -0.2) is 4.39 Å². The first-order chi connectivity index (χ1) is 11.2. The molecule has 1 atom stereocenters. The average Bonchev–Trinajstić information content (AvgIpc) is 2.95. The van der Waals surface area contributed by atoms with Gasteiger partial charge in [0.2, 0.25) is 0 Å². The molecule has 0 N–H and O–H groups in total. The van der Waals surface area contributed by atoms with E-state index in [4.69, 9.17) is 0 Å². The number of fused-ring (bicyclic) bond motifs is 1. The summed E-state index contributed by atoms with van der Waals surface area (Å²) in [6.45, 7) is 4.11. The second kappa shape index (κ2) is 5.82. The third-order valence-corrected chi connectivity index (χ3v) is 4.95. The van der Waals surface area contributed by atoms with Crippen LogP contribution in [0.3, 0.4) is 0 Å². The van der Waals surface area contributed by atoms with Gasteiger partial charge >= 0.3 is 0 Å². The fourth-order valence-electron chi connectivity index (χ4n) is 3.62. The van der Waals surface area contributed by atoms with Gasteiger partial charge in [0.15, 0.2) is 0 Å². The molecule has 0 saturated carbocycles. The molecule has 1 unspecified atom stereocenters. The maximum Gasteiger partial charge on any atom is 0.123 e. The van der Waals surface area contributed by atoms with Crippen molar-refractivity contribution in [3.8, 4) is 0 Å². The third-order valence-electron chi connectivity index (χ3n) is 4.95. The number of hydrogen-bond donors (Lipinski definition) is 0. The van der Waals surface area contributed by atoms with Crippen LogP contribution in [0.2, 0.25) is 0 Å². The molecule has 2 aromatic carbocycles. The molecule has 0 bridgehead atoms. The van der Waals surface area contributed by atoms with Gasteiger partial charge in [0.1, 0.15) is 5.82 Å². The minimum absolute atomic E-state index is 0.155. The Morgan fingerprint density at radius 1 is 0.957 bits per heavy atom. The number of piperazine rings is 1. The third kappa shape index (κ3) is 2.66. The van der Waals surface area contributed by atoms with E-state index in [1.807, 2.05) is 12.1 Å². The van der Waals surface area contributed by atoms with Crippen LogP contribution in [-0.2, 0) is 0 Å². The van der Waals surface area contributed by atoms with E-state index in [9.17, 15) is 4.39 Å². The zero-order valence-corrected chi connectivity index (χ0v) is 13.4. The van der Waals surface area contributed by atoms with Gasteiger partial charge < -0.3 is 9.80 Å². The van der Waals surface area contributed by atoms with Crippen molar-refractivity contribution in [3.63, 3.8) is 0 Å². The highest BCUT2D eigenvalue weighted by molar-refractivity contribution is 5.75. The van der Waals surface area contributed by atoms with Gasteiger partial charge in [-0.15, -0.1) is 0 Å². The lowest BCUT2D eigenvalue weighted by Gasteiger charge is -2.35. The zero-order chi connectivity index (χ0) is 15.8. The van der Waals surface area contributed by atoms with Crippen molar-refractivity contribution in [1.82, 2.24) is 9.80 Å². The fraction of sp³-hybridized carbons (Fsp3) is 0.300. The van der Waals surface area contributed by atoms with Gasteiger partial charge in [0.05, 0.1) is 0 Å². The Hall–Kier alpha value is -2.13. The van der Waals surface area contributed by atoms with Gasteiger partial charge in [-0.05, 0) is 36.4 Å². The van der Waals surface area contributed by atoms with Crippen LogP contribution < -0.4 is 0 Å². The van der Waals surface area contributed by atoms with E-state index >= 15 is 0 Å². The van der Waals surface area contributed by atoms with Crippen LogP contribution in [0, 0.1) is 5.82 Å². The number of likely N-dealkylation sites (N-methyl/N-ethyl adjacent to an activating group) is 1. The van der Waals surface area contributed by atoms with E-state index in [2.05, 4.69) is 47.2 Å². The molecule has 0 amide bonds. The second-order valence-corrected chi connectivity index (χ2v) is 6.46. The van der Waals surface area contributed by atoms with E-state index in [1.165, 1.54) is 16.8 Å². The van der Waals surface area contributed by atoms with Gasteiger partial charge in [0.25, 0.3) is 0 Å². The summed E-state index contributed by atoms with van der Waals surface area (Å²) in [6.07, 6.45) is 2.31. The Balaban J connectivity index is 1.75. The average molecular weight is 308 g/mol. The van der Waals surface area contributed by atoms with Crippen LogP contribution in [0.25, 0.3) is 5.70 Å². The summed E-state index contributed by atoms with van der Waals surface area (Å²) in [7, 11) is 2.15. The molecule has 23 heavy (non-hydrogen) atoms. The summed E-state index contributed by atoms with van der Waals surface area (Å²) in [5, 5.41) is 0. The summed E-state index contributed by atoms with van der Waals surface area (Å²) >= 11 is 0. The smallest absolute Gasteiger partial charge is 0.123 e. The largest absolute Gasteiger partial charge is 0.369 e. The first kappa shape index (κ1) is 14.5. The van der Waals surface area contributed by atoms with E-state index in [0.29, 0.717) is 0 Å². The lowest BCUT2D eigenvalue weighted by Crippen LogP contribution is -2.43. The normalized spacial score (nSPS) is 21.2. The van der Waals surface area contributed by atoms with Crippen molar-refractivity contribution in [2.45, 2.75) is 5.92 Å². The Morgan fingerprint density at radius 3 is 2.43 bits per heavy atom.